The molecule has 4 rings (SSSR count). The predicted octanol–water partition coefficient (Wildman–Crippen LogP) is 3.19. The molecule has 1 aromatic carbocycles. The van der Waals surface area contributed by atoms with Gasteiger partial charge in [-0.1, -0.05) is 12.1 Å². The summed E-state index contributed by atoms with van der Waals surface area (Å²) >= 11 is 0. The lowest BCUT2D eigenvalue weighted by atomic mass is 9.89. The van der Waals surface area contributed by atoms with Gasteiger partial charge in [0.15, 0.2) is 0 Å². The number of nitriles is 1. The quantitative estimate of drug-likeness (QED) is 0.770. The number of nitrogens with zero attached hydrogens (tertiary/aromatic N) is 3. The Morgan fingerprint density at radius 2 is 1.94 bits per heavy atom. The lowest BCUT2D eigenvalue weighted by Crippen LogP contribution is -2.39. The van der Waals surface area contributed by atoms with Crippen molar-refractivity contribution in [1.29, 1.82) is 5.26 Å². The first kappa shape index (κ1) is 21.8. The summed E-state index contributed by atoms with van der Waals surface area (Å²) in [6.07, 6.45) is 4.14. The molecular formula is C24H27N5O3. The summed E-state index contributed by atoms with van der Waals surface area (Å²) in [7, 11) is 0. The molecule has 2 aliphatic heterocycles. The first-order valence-electron chi connectivity index (χ1n) is 10.9. The third-order valence-corrected chi connectivity index (χ3v) is 6.13. The van der Waals surface area contributed by atoms with Crippen molar-refractivity contribution in [2.45, 2.75) is 38.1 Å². The van der Waals surface area contributed by atoms with Crippen LogP contribution in [-0.2, 0) is 4.74 Å². The fourth-order valence-corrected chi connectivity index (χ4v) is 4.18. The van der Waals surface area contributed by atoms with Crippen LogP contribution in [0, 0.1) is 18.3 Å². The number of carbonyl (C=O) groups excluding carboxylic acids is 2. The van der Waals surface area contributed by atoms with Crippen LogP contribution >= 0.6 is 0 Å². The maximum atomic E-state index is 13.0. The van der Waals surface area contributed by atoms with Crippen molar-refractivity contribution in [3.05, 3.63) is 58.9 Å². The minimum absolute atomic E-state index is 0.00986. The normalized spacial score (nSPS) is 18.8. The molecule has 3 amide bonds. The summed E-state index contributed by atoms with van der Waals surface area (Å²) in [4.78, 5) is 31.5. The highest BCUT2D eigenvalue weighted by Crippen LogP contribution is 2.29. The van der Waals surface area contributed by atoms with E-state index in [2.05, 4.69) is 21.7 Å². The third kappa shape index (κ3) is 5.06. The fourth-order valence-electron chi connectivity index (χ4n) is 4.18. The molecule has 2 aromatic rings. The number of benzene rings is 1. The van der Waals surface area contributed by atoms with Gasteiger partial charge in [-0.3, -0.25) is 9.78 Å². The van der Waals surface area contributed by atoms with Gasteiger partial charge < -0.3 is 20.3 Å². The Kier molecular flexibility index (Phi) is 6.66. The summed E-state index contributed by atoms with van der Waals surface area (Å²) in [6.45, 7) is 4.30. The number of aryl methyl sites for hydroxylation is 1. The number of piperidine rings is 1. The number of ether oxygens (including phenoxy) is 1. The summed E-state index contributed by atoms with van der Waals surface area (Å²) in [5, 5.41) is 14.7. The van der Waals surface area contributed by atoms with Crippen LogP contribution < -0.4 is 10.6 Å². The minimum Gasteiger partial charge on any atom is -0.379 e. The smallest absolute Gasteiger partial charge is 0.319 e. The Morgan fingerprint density at radius 3 is 2.59 bits per heavy atom. The average Bonchev–Trinajstić information content (AvgIpc) is 3.33. The van der Waals surface area contributed by atoms with E-state index in [1.165, 1.54) is 5.56 Å². The SMILES string of the molecule is Cc1cnc(C(=O)N2CCC(c3ccc(C#N)cc3)CC2)cc1NC(=O)NC1CCOC1. The molecule has 3 heterocycles. The van der Waals surface area contributed by atoms with Crippen LogP contribution in [0.2, 0.25) is 0 Å². The molecule has 1 atom stereocenters. The largest absolute Gasteiger partial charge is 0.379 e. The van der Waals surface area contributed by atoms with E-state index in [1.807, 2.05) is 36.1 Å². The molecule has 166 valence electrons. The van der Waals surface area contributed by atoms with Crippen molar-refractivity contribution < 1.29 is 14.3 Å². The number of likely N-dealkylation sites (tertiary alicyclic amines) is 1. The molecule has 8 heteroatoms. The molecule has 0 aliphatic carbocycles. The van der Waals surface area contributed by atoms with Gasteiger partial charge in [-0.2, -0.15) is 5.26 Å². The van der Waals surface area contributed by atoms with Crippen molar-refractivity contribution in [1.82, 2.24) is 15.2 Å². The van der Waals surface area contributed by atoms with Gasteiger partial charge in [0, 0.05) is 31.6 Å². The van der Waals surface area contributed by atoms with Crippen molar-refractivity contribution in [2.24, 2.45) is 0 Å². The standard InChI is InChI=1S/C24H27N5O3/c1-16-14-26-22(12-21(16)28-24(31)27-20-8-11-32-15-20)23(30)29-9-6-19(7-10-29)18-4-2-17(13-25)3-5-18/h2-5,12,14,19-20H,6-11,15H2,1H3,(H2,26,27,28,31). The van der Waals surface area contributed by atoms with Crippen molar-refractivity contribution in [2.75, 3.05) is 31.6 Å². The Hall–Kier alpha value is -3.44. The monoisotopic (exact) mass is 433 g/mol. The number of hydrogen-bond donors (Lipinski definition) is 2. The third-order valence-electron chi connectivity index (χ3n) is 6.13. The molecule has 2 fully saturated rings. The Morgan fingerprint density at radius 1 is 1.19 bits per heavy atom. The molecule has 0 saturated carbocycles. The highest BCUT2D eigenvalue weighted by Gasteiger charge is 2.26. The molecule has 32 heavy (non-hydrogen) atoms. The zero-order valence-electron chi connectivity index (χ0n) is 18.1. The van der Waals surface area contributed by atoms with Gasteiger partial charge in [0.2, 0.25) is 0 Å². The van der Waals surface area contributed by atoms with Crippen LogP contribution in [-0.4, -0.2) is 54.2 Å². The van der Waals surface area contributed by atoms with E-state index in [0.717, 1.165) is 24.8 Å². The molecule has 0 spiro atoms. The number of amides is 3. The maximum Gasteiger partial charge on any atom is 0.319 e. The minimum atomic E-state index is -0.309. The lowest BCUT2D eigenvalue weighted by molar-refractivity contribution is 0.0707. The Bertz CT molecular complexity index is 1020. The van der Waals surface area contributed by atoms with Gasteiger partial charge in [0.25, 0.3) is 5.91 Å². The van der Waals surface area contributed by atoms with E-state index in [0.29, 0.717) is 49.2 Å². The van der Waals surface area contributed by atoms with Gasteiger partial charge in [-0.15, -0.1) is 0 Å². The van der Waals surface area contributed by atoms with E-state index >= 15 is 0 Å². The van der Waals surface area contributed by atoms with E-state index < -0.39 is 0 Å². The van der Waals surface area contributed by atoms with Crippen LogP contribution in [0.4, 0.5) is 10.5 Å². The van der Waals surface area contributed by atoms with Crippen LogP contribution in [0.25, 0.3) is 0 Å². The topological polar surface area (TPSA) is 107 Å². The van der Waals surface area contributed by atoms with Crippen molar-refractivity contribution in [3.63, 3.8) is 0 Å². The number of hydrogen-bond acceptors (Lipinski definition) is 5. The zero-order chi connectivity index (χ0) is 22.5. The van der Waals surface area contributed by atoms with Crippen molar-refractivity contribution in [3.8, 4) is 6.07 Å². The Balaban J connectivity index is 1.36. The van der Waals surface area contributed by atoms with E-state index in [9.17, 15) is 9.59 Å². The van der Waals surface area contributed by atoms with Crippen molar-refractivity contribution >= 4 is 17.6 Å². The molecule has 1 aromatic heterocycles. The molecule has 2 saturated heterocycles. The highest BCUT2D eigenvalue weighted by molar-refractivity contribution is 5.96. The molecule has 1 unspecified atom stereocenters. The first-order chi connectivity index (χ1) is 15.5. The van der Waals surface area contributed by atoms with Gasteiger partial charge in [-0.25, -0.2) is 4.79 Å². The second-order valence-corrected chi connectivity index (χ2v) is 8.34. The number of nitrogens with one attached hydrogen (secondary N) is 2. The molecular weight excluding hydrogens is 406 g/mol. The predicted molar refractivity (Wildman–Crippen MR) is 119 cm³/mol. The highest BCUT2D eigenvalue weighted by atomic mass is 16.5. The van der Waals surface area contributed by atoms with Gasteiger partial charge in [0.05, 0.1) is 24.3 Å². The van der Waals surface area contributed by atoms with E-state index in [-0.39, 0.29) is 18.0 Å². The summed E-state index contributed by atoms with van der Waals surface area (Å²) in [6, 6.07) is 11.2. The fraction of sp³-hybridized carbons (Fsp3) is 0.417. The molecule has 0 radical (unpaired) electrons. The van der Waals surface area contributed by atoms with E-state index in [4.69, 9.17) is 10.00 Å². The average molecular weight is 434 g/mol. The molecule has 0 bridgehead atoms. The first-order valence-corrected chi connectivity index (χ1v) is 10.9. The number of urea groups is 1. The number of rotatable bonds is 4. The van der Waals surface area contributed by atoms with E-state index in [1.54, 1.807) is 12.3 Å². The molecule has 2 aliphatic rings. The zero-order valence-corrected chi connectivity index (χ0v) is 18.1. The summed E-state index contributed by atoms with van der Waals surface area (Å²) in [5.74, 6) is 0.245. The number of aromatic nitrogens is 1. The van der Waals surface area contributed by atoms with Crippen LogP contribution in [0.15, 0.2) is 36.5 Å². The number of anilines is 1. The van der Waals surface area contributed by atoms with Gasteiger partial charge in [0.1, 0.15) is 5.69 Å². The van der Waals surface area contributed by atoms with Crippen LogP contribution in [0.1, 0.15) is 52.4 Å². The number of carbonyl (C=O) groups is 2. The van der Waals surface area contributed by atoms with Crippen LogP contribution in [0.5, 0.6) is 0 Å². The lowest BCUT2D eigenvalue weighted by Gasteiger charge is -2.32. The molecule has 8 nitrogen and oxygen atoms in total. The summed E-state index contributed by atoms with van der Waals surface area (Å²) < 4.78 is 5.28. The molecule has 2 N–H and O–H groups in total. The second kappa shape index (κ2) is 9.79. The van der Waals surface area contributed by atoms with Gasteiger partial charge in [-0.05, 0) is 61.4 Å². The number of pyridine rings is 1. The second-order valence-electron chi connectivity index (χ2n) is 8.34. The summed E-state index contributed by atoms with van der Waals surface area (Å²) in [5.41, 5.74) is 3.55. The Labute approximate surface area is 187 Å². The van der Waals surface area contributed by atoms with Gasteiger partial charge >= 0.3 is 6.03 Å². The van der Waals surface area contributed by atoms with Crippen LogP contribution in [0.3, 0.4) is 0 Å². The maximum absolute atomic E-state index is 13.0.